The highest BCUT2D eigenvalue weighted by Gasteiger charge is 2.59. The second-order valence-electron chi connectivity index (χ2n) is 10.5. The Morgan fingerprint density at radius 3 is 2.37 bits per heavy atom. The third-order valence-electron chi connectivity index (χ3n) is 7.42. The minimum atomic E-state index is -2.58. The van der Waals surface area contributed by atoms with Gasteiger partial charge in [-0.05, 0) is 41.4 Å². The van der Waals surface area contributed by atoms with Crippen LogP contribution in [0.4, 0.5) is 0 Å². The number of carboxylic acids is 1. The number of fused-ring (bicyclic) bond motifs is 3. The zero-order valence-electron chi connectivity index (χ0n) is 19.5. The van der Waals surface area contributed by atoms with Gasteiger partial charge in [0.05, 0.1) is 11.1 Å². The number of carboxylic acid groups (broad SMARTS) is 1. The molecule has 10 heteroatoms. The largest absolute Gasteiger partial charge is 0.511 e. The fourth-order valence-electron chi connectivity index (χ4n) is 5.59. The molecule has 0 bridgehead atoms. The van der Waals surface area contributed by atoms with Crippen molar-refractivity contribution in [3.8, 4) is 5.75 Å². The van der Waals surface area contributed by atoms with Crippen molar-refractivity contribution in [2.75, 3.05) is 0 Å². The van der Waals surface area contributed by atoms with Crippen LogP contribution in [0.2, 0.25) is 0 Å². The van der Waals surface area contributed by atoms with Crippen LogP contribution >= 0.6 is 0 Å². The Bertz CT molecular complexity index is 1270. The van der Waals surface area contributed by atoms with E-state index in [2.05, 4.69) is 0 Å². The number of hydrogen-bond acceptors (Lipinski definition) is 9. The summed E-state index contributed by atoms with van der Waals surface area (Å²) in [5.74, 6) is -7.00. The quantitative estimate of drug-likeness (QED) is 0.271. The van der Waals surface area contributed by atoms with Crippen molar-refractivity contribution >= 4 is 23.8 Å². The first-order valence-electron chi connectivity index (χ1n) is 11.2. The van der Waals surface area contributed by atoms with E-state index in [1.807, 2.05) is 0 Å². The van der Waals surface area contributed by atoms with Crippen LogP contribution in [0.15, 0.2) is 28.7 Å². The van der Waals surface area contributed by atoms with Crippen LogP contribution in [0.25, 0.3) is 0 Å². The molecule has 4 atom stereocenters. The number of ketones is 2. The number of aldehydes is 1. The van der Waals surface area contributed by atoms with Gasteiger partial charge in [0.25, 0.3) is 0 Å². The van der Waals surface area contributed by atoms with E-state index in [1.54, 1.807) is 20.8 Å². The molecule has 7 N–H and O–H groups in total. The van der Waals surface area contributed by atoms with E-state index in [-0.39, 0.29) is 53.4 Å². The van der Waals surface area contributed by atoms with Gasteiger partial charge in [0.1, 0.15) is 23.3 Å². The number of aliphatic carboxylic acids is 1. The molecule has 1 aromatic rings. The molecule has 0 radical (unpaired) electrons. The molecule has 0 fully saturated rings. The SMILES string of the molecule is CC(C)(C)c1cc(C(N)C(=O)O)c2c(c1O)C(=O)C1=C(O)[C@]3(O)C(=O)C(C=O)=C(O)C[C@@H]3C[C@@H]1C2. The summed E-state index contributed by atoms with van der Waals surface area (Å²) in [6.45, 7) is 5.27. The Balaban J connectivity index is 1.99. The number of phenols is 1. The molecule has 0 aliphatic heterocycles. The van der Waals surface area contributed by atoms with Crippen molar-refractivity contribution < 1.29 is 44.7 Å². The van der Waals surface area contributed by atoms with E-state index < -0.39 is 69.3 Å². The molecule has 10 nitrogen and oxygen atoms in total. The number of rotatable bonds is 3. The van der Waals surface area contributed by atoms with Crippen molar-refractivity contribution in [3.05, 3.63) is 51.0 Å². The van der Waals surface area contributed by atoms with Crippen molar-refractivity contribution in [2.24, 2.45) is 17.6 Å². The van der Waals surface area contributed by atoms with Crippen molar-refractivity contribution in [3.63, 3.8) is 0 Å². The number of aliphatic hydroxyl groups excluding tert-OH is 2. The average Bonchev–Trinajstić information content (AvgIpc) is 2.75. The zero-order valence-corrected chi connectivity index (χ0v) is 19.5. The van der Waals surface area contributed by atoms with Gasteiger partial charge in [-0.15, -0.1) is 0 Å². The van der Waals surface area contributed by atoms with Gasteiger partial charge in [-0.2, -0.15) is 0 Å². The molecule has 0 saturated heterocycles. The summed E-state index contributed by atoms with van der Waals surface area (Å²) in [6.07, 6.45) is -0.205. The van der Waals surface area contributed by atoms with Crippen LogP contribution in [-0.4, -0.2) is 55.0 Å². The maximum Gasteiger partial charge on any atom is 0.325 e. The Kier molecular flexibility index (Phi) is 5.46. The molecule has 0 spiro atoms. The summed E-state index contributed by atoms with van der Waals surface area (Å²) >= 11 is 0. The Morgan fingerprint density at radius 1 is 1.20 bits per heavy atom. The molecule has 3 aliphatic carbocycles. The van der Waals surface area contributed by atoms with Crippen LogP contribution in [0.5, 0.6) is 5.75 Å². The molecule has 0 amide bonds. The van der Waals surface area contributed by atoms with Gasteiger partial charge in [0, 0.05) is 23.5 Å². The van der Waals surface area contributed by atoms with Gasteiger partial charge < -0.3 is 31.3 Å². The summed E-state index contributed by atoms with van der Waals surface area (Å²) in [4.78, 5) is 49.7. The number of benzene rings is 1. The fourth-order valence-corrected chi connectivity index (χ4v) is 5.59. The van der Waals surface area contributed by atoms with Gasteiger partial charge in [-0.1, -0.05) is 20.8 Å². The number of Topliss-reactive ketones (excluding diaryl/α,β-unsaturated/α-hetero) is 2. The van der Waals surface area contributed by atoms with Crippen LogP contribution in [-0.2, 0) is 26.2 Å². The number of carbonyl (C=O) groups is 4. The Hall–Kier alpha value is -3.50. The van der Waals surface area contributed by atoms with E-state index in [1.165, 1.54) is 6.07 Å². The minimum Gasteiger partial charge on any atom is -0.511 e. The number of phenolic OH excluding ortho intramolecular Hbond substituents is 1. The topological polar surface area (TPSA) is 195 Å². The first kappa shape index (κ1) is 24.6. The normalized spacial score (nSPS) is 27.2. The lowest BCUT2D eigenvalue weighted by Gasteiger charge is -2.45. The lowest BCUT2D eigenvalue weighted by atomic mass is 9.60. The van der Waals surface area contributed by atoms with Gasteiger partial charge in [-0.25, -0.2) is 0 Å². The van der Waals surface area contributed by atoms with Gasteiger partial charge in [0.15, 0.2) is 17.7 Å². The average molecular weight is 485 g/mol. The number of allylic oxidation sites excluding steroid dienone is 2. The van der Waals surface area contributed by atoms with Crippen LogP contribution < -0.4 is 5.73 Å². The number of aliphatic hydroxyl groups is 3. The van der Waals surface area contributed by atoms with Crippen molar-refractivity contribution in [2.45, 2.75) is 57.1 Å². The maximum absolute atomic E-state index is 13.7. The predicted octanol–water partition coefficient (Wildman–Crippen LogP) is 1.68. The molecule has 1 aromatic carbocycles. The molecule has 0 aromatic heterocycles. The van der Waals surface area contributed by atoms with E-state index in [0.717, 1.165) is 0 Å². The standard InChI is InChI=1S/C25H27NO9/c1-24(2,3)14-7-12(18(26)23(33)34)11-5-9-4-10-6-15(28)13(8-27)21(31)25(10,35)22(32)16(9)20(30)17(11)19(14)29/h7-10,18,28-29,32,35H,4-6,26H2,1-3H3,(H,33,34)/t9-,10+,18?,25-/m1/s1. The maximum atomic E-state index is 13.7. The lowest BCUT2D eigenvalue weighted by Crippen LogP contribution is -2.56. The number of aromatic hydroxyl groups is 1. The van der Waals surface area contributed by atoms with Crippen LogP contribution in [0.3, 0.4) is 0 Å². The molecule has 4 rings (SSSR count). The fraction of sp³-hybridized carbons (Fsp3) is 0.440. The number of hydrogen-bond donors (Lipinski definition) is 6. The van der Waals surface area contributed by atoms with E-state index in [4.69, 9.17) is 5.73 Å². The second-order valence-corrected chi connectivity index (χ2v) is 10.5. The number of nitrogens with two attached hydrogens (primary N) is 1. The predicted molar refractivity (Wildman–Crippen MR) is 121 cm³/mol. The van der Waals surface area contributed by atoms with E-state index in [9.17, 15) is 44.7 Å². The monoisotopic (exact) mass is 485 g/mol. The van der Waals surface area contributed by atoms with Crippen molar-refractivity contribution in [1.29, 1.82) is 0 Å². The first-order chi connectivity index (χ1) is 16.2. The summed E-state index contributed by atoms with van der Waals surface area (Å²) in [6, 6.07) is -0.0143. The van der Waals surface area contributed by atoms with Crippen LogP contribution in [0.1, 0.15) is 66.7 Å². The Morgan fingerprint density at radius 2 is 1.83 bits per heavy atom. The molecule has 0 saturated carbocycles. The number of carbonyl (C=O) groups excluding carboxylic acids is 3. The highest BCUT2D eigenvalue weighted by atomic mass is 16.4. The Labute approximate surface area is 200 Å². The highest BCUT2D eigenvalue weighted by molar-refractivity contribution is 6.20. The summed E-state index contributed by atoms with van der Waals surface area (Å²) in [7, 11) is 0. The summed E-state index contributed by atoms with van der Waals surface area (Å²) < 4.78 is 0. The lowest BCUT2D eigenvalue weighted by molar-refractivity contribution is -0.143. The molecule has 3 aliphatic rings. The molecular weight excluding hydrogens is 458 g/mol. The second kappa shape index (κ2) is 7.76. The summed E-state index contributed by atoms with van der Waals surface area (Å²) in [5, 5.41) is 53.1. The minimum absolute atomic E-state index is 0.000543. The van der Waals surface area contributed by atoms with Gasteiger partial charge >= 0.3 is 5.97 Å². The molecule has 186 valence electrons. The van der Waals surface area contributed by atoms with Crippen LogP contribution in [0, 0.1) is 11.8 Å². The van der Waals surface area contributed by atoms with E-state index >= 15 is 0 Å². The third kappa shape index (κ3) is 3.31. The first-order valence-corrected chi connectivity index (χ1v) is 11.2. The highest BCUT2D eigenvalue weighted by Crippen LogP contribution is 2.52. The molecule has 0 heterocycles. The van der Waals surface area contributed by atoms with Crippen molar-refractivity contribution in [1.82, 2.24) is 0 Å². The smallest absolute Gasteiger partial charge is 0.325 e. The summed E-state index contributed by atoms with van der Waals surface area (Å²) in [5.41, 5.74) is 2.09. The molecule has 35 heavy (non-hydrogen) atoms. The van der Waals surface area contributed by atoms with Gasteiger partial charge in [-0.3, -0.25) is 19.2 Å². The third-order valence-corrected chi connectivity index (χ3v) is 7.42. The zero-order chi connectivity index (χ0) is 26.2. The van der Waals surface area contributed by atoms with Gasteiger partial charge in [0.2, 0.25) is 5.78 Å². The molecular formula is C25H27NO9. The van der Waals surface area contributed by atoms with E-state index in [0.29, 0.717) is 0 Å². The molecule has 1 unspecified atom stereocenters.